The van der Waals surface area contributed by atoms with Crippen molar-refractivity contribution in [1.82, 2.24) is 5.32 Å². The van der Waals surface area contributed by atoms with Crippen LogP contribution in [-0.2, 0) is 19.2 Å². The van der Waals surface area contributed by atoms with E-state index in [4.69, 9.17) is 21.1 Å². The van der Waals surface area contributed by atoms with Gasteiger partial charge in [0.1, 0.15) is 12.1 Å². The Hall–Kier alpha value is -2.16. The maximum atomic E-state index is 11.3. The summed E-state index contributed by atoms with van der Waals surface area (Å²) in [4.78, 5) is 42.6. The molecule has 9 heteroatoms. The maximum absolute atomic E-state index is 11.3. The summed E-state index contributed by atoms with van der Waals surface area (Å²) in [7, 11) is 0. The van der Waals surface area contributed by atoms with Crippen LogP contribution in [0.2, 0.25) is 0 Å². The minimum Gasteiger partial charge on any atom is -0.481 e. The quantitative estimate of drug-likeness (QED) is 0.342. The van der Waals surface area contributed by atoms with Crippen LogP contribution >= 0.6 is 0 Å². The van der Waals surface area contributed by atoms with Crippen molar-refractivity contribution in [3.05, 3.63) is 0 Å². The zero-order valence-corrected chi connectivity index (χ0v) is 9.33. The lowest BCUT2D eigenvalue weighted by Gasteiger charge is -2.12. The summed E-state index contributed by atoms with van der Waals surface area (Å²) in [6, 6.07) is -2.77. The average molecular weight is 262 g/mol. The van der Waals surface area contributed by atoms with Gasteiger partial charge >= 0.3 is 17.9 Å². The van der Waals surface area contributed by atoms with Gasteiger partial charge in [0.05, 0.1) is 6.42 Å². The molecule has 0 aromatic carbocycles. The predicted octanol–water partition coefficient (Wildman–Crippen LogP) is -1.78. The summed E-state index contributed by atoms with van der Waals surface area (Å²) in [5.74, 6) is -4.89. The number of hydrogen-bond donors (Lipinski definition) is 5. The van der Waals surface area contributed by atoms with E-state index in [1.165, 1.54) is 0 Å². The van der Waals surface area contributed by atoms with Gasteiger partial charge in [0.15, 0.2) is 0 Å². The minimum absolute atomic E-state index is 0.166. The van der Waals surface area contributed by atoms with E-state index in [-0.39, 0.29) is 12.8 Å². The molecule has 0 aromatic rings. The molecule has 0 bridgehead atoms. The fourth-order valence-corrected chi connectivity index (χ4v) is 1.05. The van der Waals surface area contributed by atoms with Gasteiger partial charge in [-0.2, -0.15) is 0 Å². The third-order valence-electron chi connectivity index (χ3n) is 2.01. The highest BCUT2D eigenvalue weighted by molar-refractivity contribution is 5.87. The number of nitrogens with two attached hydrogens (primary N) is 1. The van der Waals surface area contributed by atoms with E-state index in [1.807, 2.05) is 5.32 Å². The first-order valence-corrected chi connectivity index (χ1v) is 4.96. The van der Waals surface area contributed by atoms with E-state index >= 15 is 0 Å². The van der Waals surface area contributed by atoms with Crippen LogP contribution < -0.4 is 11.1 Å². The molecular weight excluding hydrogens is 248 g/mol. The van der Waals surface area contributed by atoms with Crippen LogP contribution in [0.1, 0.15) is 19.3 Å². The van der Waals surface area contributed by atoms with E-state index in [0.29, 0.717) is 0 Å². The highest BCUT2D eigenvalue weighted by Gasteiger charge is 2.23. The van der Waals surface area contributed by atoms with Crippen molar-refractivity contribution in [3.8, 4) is 0 Å². The Morgan fingerprint density at radius 2 is 1.61 bits per heavy atom. The monoisotopic (exact) mass is 262 g/mol. The average Bonchev–Trinajstić information content (AvgIpc) is 2.23. The summed E-state index contributed by atoms with van der Waals surface area (Å²) in [5.41, 5.74) is 5.15. The smallest absolute Gasteiger partial charge is 0.326 e. The van der Waals surface area contributed by atoms with Gasteiger partial charge in [-0.3, -0.25) is 14.4 Å². The highest BCUT2D eigenvalue weighted by Crippen LogP contribution is 1.98. The molecule has 0 aliphatic heterocycles. The second-order valence-corrected chi connectivity index (χ2v) is 3.54. The third-order valence-corrected chi connectivity index (χ3v) is 2.01. The summed E-state index contributed by atoms with van der Waals surface area (Å²) in [6.45, 7) is 0. The van der Waals surface area contributed by atoms with Crippen LogP contribution in [0.15, 0.2) is 0 Å². The van der Waals surface area contributed by atoms with E-state index in [9.17, 15) is 19.2 Å². The van der Waals surface area contributed by atoms with Crippen molar-refractivity contribution in [2.75, 3.05) is 0 Å². The summed E-state index contributed by atoms with van der Waals surface area (Å²) < 4.78 is 0. The molecule has 1 amide bonds. The predicted molar refractivity (Wildman–Crippen MR) is 56.7 cm³/mol. The number of carbonyl (C=O) groups excluding carboxylic acids is 1. The number of rotatable bonds is 8. The molecule has 9 nitrogen and oxygen atoms in total. The van der Waals surface area contributed by atoms with Gasteiger partial charge in [-0.15, -0.1) is 0 Å². The maximum Gasteiger partial charge on any atom is 0.326 e. The molecular formula is C9H14N2O7. The van der Waals surface area contributed by atoms with E-state index in [2.05, 4.69) is 0 Å². The number of nitrogens with one attached hydrogen (secondary N) is 1. The first-order chi connectivity index (χ1) is 8.23. The Kier molecular flexibility index (Phi) is 6.35. The number of aliphatic carboxylic acids is 3. The number of carboxylic acid groups (broad SMARTS) is 3. The lowest BCUT2D eigenvalue weighted by atomic mass is 10.1. The van der Waals surface area contributed by atoms with Gasteiger partial charge in [0, 0.05) is 6.42 Å². The molecule has 0 fully saturated rings. The van der Waals surface area contributed by atoms with Crippen molar-refractivity contribution in [3.63, 3.8) is 0 Å². The number of amides is 1. The molecule has 0 saturated carbocycles. The Morgan fingerprint density at radius 1 is 1.06 bits per heavy atom. The molecule has 6 N–H and O–H groups in total. The molecule has 102 valence electrons. The molecule has 0 aromatic heterocycles. The Morgan fingerprint density at radius 3 is 2.00 bits per heavy atom. The van der Waals surface area contributed by atoms with Crippen molar-refractivity contribution in [2.24, 2.45) is 5.73 Å². The van der Waals surface area contributed by atoms with Gasteiger partial charge in [-0.05, 0) is 6.42 Å². The van der Waals surface area contributed by atoms with Gasteiger partial charge in [-0.1, -0.05) is 0 Å². The molecule has 2 atom stereocenters. The van der Waals surface area contributed by atoms with Crippen LogP contribution in [0, 0.1) is 0 Å². The Labute approximate surface area is 102 Å². The first kappa shape index (κ1) is 15.8. The van der Waals surface area contributed by atoms with Crippen LogP contribution in [-0.4, -0.2) is 51.2 Å². The lowest BCUT2D eigenvalue weighted by Crippen LogP contribution is -2.43. The number of hydrogen-bond acceptors (Lipinski definition) is 5. The van der Waals surface area contributed by atoms with Crippen LogP contribution in [0.3, 0.4) is 0 Å². The normalized spacial score (nSPS) is 13.4. The van der Waals surface area contributed by atoms with Crippen molar-refractivity contribution in [1.29, 1.82) is 0 Å². The molecule has 0 aliphatic carbocycles. The molecule has 0 heterocycles. The Bertz CT molecular complexity index is 355. The van der Waals surface area contributed by atoms with Gasteiger partial charge in [-0.25, -0.2) is 4.79 Å². The minimum atomic E-state index is -1.55. The molecule has 18 heavy (non-hydrogen) atoms. The third kappa shape index (κ3) is 6.43. The van der Waals surface area contributed by atoms with E-state index in [1.54, 1.807) is 0 Å². The molecule has 0 spiro atoms. The molecule has 0 aliphatic rings. The van der Waals surface area contributed by atoms with Crippen LogP contribution in [0.25, 0.3) is 0 Å². The molecule has 0 radical (unpaired) electrons. The van der Waals surface area contributed by atoms with Crippen LogP contribution in [0.4, 0.5) is 0 Å². The van der Waals surface area contributed by atoms with Crippen molar-refractivity contribution in [2.45, 2.75) is 31.3 Å². The molecule has 0 saturated heterocycles. The van der Waals surface area contributed by atoms with E-state index < -0.39 is 42.3 Å². The highest BCUT2D eigenvalue weighted by atomic mass is 16.4. The number of carboxylic acids is 3. The Balaban J connectivity index is 4.22. The topological polar surface area (TPSA) is 167 Å². The number of carbonyl (C=O) groups is 4. The van der Waals surface area contributed by atoms with Gasteiger partial charge < -0.3 is 26.4 Å². The fraction of sp³-hybridized carbons (Fsp3) is 0.556. The first-order valence-electron chi connectivity index (χ1n) is 4.96. The largest absolute Gasteiger partial charge is 0.481 e. The van der Waals surface area contributed by atoms with Crippen molar-refractivity contribution >= 4 is 23.8 Å². The second kappa shape index (κ2) is 7.22. The summed E-state index contributed by atoms with van der Waals surface area (Å²) in [5, 5.41) is 27.5. The van der Waals surface area contributed by atoms with Gasteiger partial charge in [0.2, 0.25) is 5.91 Å². The summed E-state index contributed by atoms with van der Waals surface area (Å²) in [6.07, 6.45) is -1.22. The van der Waals surface area contributed by atoms with Crippen LogP contribution in [0.5, 0.6) is 0 Å². The zero-order valence-electron chi connectivity index (χ0n) is 9.33. The fourth-order valence-electron chi connectivity index (χ4n) is 1.05. The SMILES string of the molecule is N[C@H](CCC(=O)N[C@@H](CC(=O)O)C(=O)O)C(=O)O. The molecule has 0 unspecified atom stereocenters. The second-order valence-electron chi connectivity index (χ2n) is 3.54. The summed E-state index contributed by atoms with van der Waals surface area (Å²) >= 11 is 0. The zero-order chi connectivity index (χ0) is 14.3. The van der Waals surface area contributed by atoms with Crippen molar-refractivity contribution < 1.29 is 34.5 Å². The van der Waals surface area contributed by atoms with Gasteiger partial charge in [0.25, 0.3) is 0 Å². The standard InChI is InChI=1S/C9H14N2O7/c10-4(8(15)16)1-2-6(12)11-5(9(17)18)3-7(13)14/h4-5H,1-3,10H2,(H,11,12)(H,13,14)(H,15,16)(H,17,18)/t4-,5+/m1/s1. The molecule has 0 rings (SSSR count). The lowest BCUT2D eigenvalue weighted by molar-refractivity contribution is -0.147. The van der Waals surface area contributed by atoms with E-state index in [0.717, 1.165) is 0 Å².